The summed E-state index contributed by atoms with van der Waals surface area (Å²) in [5.41, 5.74) is 2.35. The molecule has 2 aromatic carbocycles. The quantitative estimate of drug-likeness (QED) is 0.609. The van der Waals surface area contributed by atoms with Gasteiger partial charge in [0.2, 0.25) is 0 Å². The molecule has 1 aliphatic rings. The van der Waals surface area contributed by atoms with E-state index >= 15 is 0 Å². The van der Waals surface area contributed by atoms with Crippen LogP contribution in [0.15, 0.2) is 48.5 Å². The molecule has 0 unspecified atom stereocenters. The van der Waals surface area contributed by atoms with E-state index in [0.717, 1.165) is 69.1 Å². The highest BCUT2D eigenvalue weighted by Crippen LogP contribution is 2.31. The summed E-state index contributed by atoms with van der Waals surface area (Å²) < 4.78 is 38.3. The Balaban J connectivity index is 0.000000872. The van der Waals surface area contributed by atoms with E-state index in [1.54, 1.807) is 12.1 Å². The van der Waals surface area contributed by atoms with Gasteiger partial charge in [-0.05, 0) is 49.0 Å². The van der Waals surface area contributed by atoms with Crippen molar-refractivity contribution in [3.05, 3.63) is 59.7 Å². The zero-order valence-corrected chi connectivity index (χ0v) is 19.4. The molecule has 7 nitrogen and oxygen atoms in total. The first-order valence-electron chi connectivity index (χ1n) is 10.7. The Morgan fingerprint density at radius 1 is 0.882 bits per heavy atom. The van der Waals surface area contributed by atoms with Gasteiger partial charge in [-0.3, -0.25) is 19.4 Å². The maximum atomic E-state index is 12.8. The number of likely N-dealkylation sites (N-methyl/N-ethyl adjacent to an activating group) is 1. The molecule has 188 valence electrons. The molecule has 1 aliphatic heterocycles. The third kappa shape index (κ3) is 10.8. The number of piperazine rings is 1. The van der Waals surface area contributed by atoms with Gasteiger partial charge in [0.1, 0.15) is 0 Å². The number of benzene rings is 2. The van der Waals surface area contributed by atoms with Gasteiger partial charge in [-0.25, -0.2) is 0 Å². The van der Waals surface area contributed by atoms with Gasteiger partial charge in [-0.2, -0.15) is 13.2 Å². The Bertz CT molecular complexity index is 847. The summed E-state index contributed by atoms with van der Waals surface area (Å²) in [6.07, 6.45) is -4.30. The van der Waals surface area contributed by atoms with Crippen molar-refractivity contribution in [1.82, 2.24) is 14.7 Å². The number of carbonyl (C=O) groups is 2. The first-order chi connectivity index (χ1) is 16.1. The third-order valence-electron chi connectivity index (χ3n) is 5.21. The van der Waals surface area contributed by atoms with Gasteiger partial charge in [0, 0.05) is 45.8 Å². The van der Waals surface area contributed by atoms with Crippen LogP contribution in [0.3, 0.4) is 0 Å². The maximum absolute atomic E-state index is 12.8. The van der Waals surface area contributed by atoms with Crippen molar-refractivity contribution in [2.24, 2.45) is 0 Å². The zero-order valence-electron chi connectivity index (χ0n) is 19.4. The molecular formula is C24H32F3N3O4. The number of carboxylic acid groups (broad SMARTS) is 2. The fourth-order valence-electron chi connectivity index (χ4n) is 3.47. The van der Waals surface area contributed by atoms with Crippen molar-refractivity contribution >= 4 is 12.9 Å². The molecule has 0 spiro atoms. The van der Waals surface area contributed by atoms with E-state index in [1.165, 1.54) is 5.56 Å². The van der Waals surface area contributed by atoms with Crippen molar-refractivity contribution in [3.8, 4) is 11.1 Å². The molecule has 1 fully saturated rings. The topological polar surface area (TPSA) is 84.3 Å². The molecule has 3 rings (SSSR count). The summed E-state index contributed by atoms with van der Waals surface area (Å²) in [6, 6.07) is 13.5. The second kappa shape index (κ2) is 15.0. The van der Waals surface area contributed by atoms with Gasteiger partial charge in [-0.1, -0.05) is 30.3 Å². The summed E-state index contributed by atoms with van der Waals surface area (Å²) in [5, 5.41) is 13.8. The molecule has 10 heteroatoms. The van der Waals surface area contributed by atoms with Crippen LogP contribution in [-0.4, -0.2) is 91.2 Å². The van der Waals surface area contributed by atoms with Crippen LogP contribution < -0.4 is 0 Å². The number of halogens is 3. The van der Waals surface area contributed by atoms with E-state index in [-0.39, 0.29) is 12.9 Å². The van der Waals surface area contributed by atoms with Crippen molar-refractivity contribution in [1.29, 1.82) is 0 Å². The van der Waals surface area contributed by atoms with Gasteiger partial charge in [0.05, 0.1) is 5.56 Å². The summed E-state index contributed by atoms with van der Waals surface area (Å²) in [6.45, 7) is 6.78. The highest BCUT2D eigenvalue weighted by molar-refractivity contribution is 5.64. The predicted octanol–water partition coefficient (Wildman–Crippen LogP) is 3.45. The van der Waals surface area contributed by atoms with E-state index in [2.05, 4.69) is 40.9 Å². The molecular weight excluding hydrogens is 451 g/mol. The number of hydrogen-bond donors (Lipinski definition) is 2. The van der Waals surface area contributed by atoms with Gasteiger partial charge in [0.15, 0.2) is 0 Å². The van der Waals surface area contributed by atoms with Crippen LogP contribution in [0, 0.1) is 0 Å². The van der Waals surface area contributed by atoms with Crippen LogP contribution in [0.25, 0.3) is 11.1 Å². The lowest BCUT2D eigenvalue weighted by molar-refractivity contribution is -0.137. The minimum Gasteiger partial charge on any atom is -0.483 e. The van der Waals surface area contributed by atoms with Crippen molar-refractivity contribution in [3.63, 3.8) is 0 Å². The molecule has 2 N–H and O–H groups in total. The molecule has 34 heavy (non-hydrogen) atoms. The second-order valence-electron chi connectivity index (χ2n) is 7.91. The minimum atomic E-state index is -4.30. The Kier molecular flexibility index (Phi) is 12.9. The average molecular weight is 484 g/mol. The molecule has 0 aromatic heterocycles. The molecule has 0 amide bonds. The second-order valence-corrected chi connectivity index (χ2v) is 7.91. The summed E-state index contributed by atoms with van der Waals surface area (Å²) in [7, 11) is 4.19. The number of alkyl halides is 3. The van der Waals surface area contributed by atoms with Crippen LogP contribution in [-0.2, 0) is 22.3 Å². The van der Waals surface area contributed by atoms with Crippen molar-refractivity contribution in [2.45, 2.75) is 12.7 Å². The lowest BCUT2D eigenvalue weighted by Crippen LogP contribution is -2.47. The number of rotatable bonds is 6. The largest absolute Gasteiger partial charge is 0.483 e. The third-order valence-corrected chi connectivity index (χ3v) is 5.21. The monoisotopic (exact) mass is 483 g/mol. The van der Waals surface area contributed by atoms with E-state index < -0.39 is 11.7 Å². The Morgan fingerprint density at radius 3 is 1.91 bits per heavy atom. The lowest BCUT2D eigenvalue weighted by atomic mass is 10.0. The minimum absolute atomic E-state index is 0.250. The summed E-state index contributed by atoms with van der Waals surface area (Å²) in [5.74, 6) is 0. The molecule has 0 atom stereocenters. The summed E-state index contributed by atoms with van der Waals surface area (Å²) >= 11 is 0. The molecule has 0 aliphatic carbocycles. The standard InChI is InChI=1S/C22H28F3N3.2CH2O2/c1-26(2)10-11-27-12-14-28(15-13-27)17-18-4-3-5-20(16-18)19-6-8-21(9-7-19)22(23,24)25;2*2-1-3/h3-9,16H,10-15,17H2,1-2H3;2*1H,(H,2,3). The molecule has 2 aromatic rings. The lowest BCUT2D eigenvalue weighted by Gasteiger charge is -2.35. The first kappa shape index (κ1) is 29.1. The van der Waals surface area contributed by atoms with Crippen LogP contribution in [0.5, 0.6) is 0 Å². The molecule has 1 heterocycles. The van der Waals surface area contributed by atoms with Crippen molar-refractivity contribution < 1.29 is 33.0 Å². The SMILES string of the molecule is CN(C)CCN1CCN(Cc2cccc(-c3ccc(C(F)(F)F)cc3)c2)CC1.O=CO.O=CO. The van der Waals surface area contributed by atoms with Gasteiger partial charge >= 0.3 is 6.18 Å². The van der Waals surface area contributed by atoms with E-state index in [0.29, 0.717) is 0 Å². The maximum Gasteiger partial charge on any atom is 0.416 e. The van der Waals surface area contributed by atoms with Gasteiger partial charge in [-0.15, -0.1) is 0 Å². The van der Waals surface area contributed by atoms with Gasteiger partial charge in [0.25, 0.3) is 12.9 Å². The average Bonchev–Trinajstić information content (AvgIpc) is 2.79. The highest BCUT2D eigenvalue weighted by atomic mass is 19.4. The van der Waals surface area contributed by atoms with Crippen LogP contribution in [0.1, 0.15) is 11.1 Å². The Labute approximate surface area is 198 Å². The fraction of sp³-hybridized carbons (Fsp3) is 0.417. The molecule has 0 saturated carbocycles. The molecule has 1 saturated heterocycles. The first-order valence-corrected chi connectivity index (χ1v) is 10.7. The fourth-order valence-corrected chi connectivity index (χ4v) is 3.47. The smallest absolute Gasteiger partial charge is 0.416 e. The number of hydrogen-bond acceptors (Lipinski definition) is 5. The van der Waals surface area contributed by atoms with Crippen LogP contribution >= 0.6 is 0 Å². The normalized spacial score (nSPS) is 14.4. The zero-order chi connectivity index (χ0) is 25.6. The van der Waals surface area contributed by atoms with Crippen LogP contribution in [0.2, 0.25) is 0 Å². The van der Waals surface area contributed by atoms with E-state index in [1.807, 2.05) is 12.1 Å². The molecule has 0 radical (unpaired) electrons. The Morgan fingerprint density at radius 2 is 1.41 bits per heavy atom. The predicted molar refractivity (Wildman–Crippen MR) is 125 cm³/mol. The van der Waals surface area contributed by atoms with E-state index in [4.69, 9.17) is 19.8 Å². The number of nitrogens with zero attached hydrogens (tertiary/aromatic N) is 3. The van der Waals surface area contributed by atoms with Crippen LogP contribution in [0.4, 0.5) is 13.2 Å². The highest BCUT2D eigenvalue weighted by Gasteiger charge is 2.30. The van der Waals surface area contributed by atoms with E-state index in [9.17, 15) is 13.2 Å². The van der Waals surface area contributed by atoms with Gasteiger partial charge < -0.3 is 15.1 Å². The summed E-state index contributed by atoms with van der Waals surface area (Å²) in [4.78, 5) is 23.9. The van der Waals surface area contributed by atoms with Crippen molar-refractivity contribution in [2.75, 3.05) is 53.4 Å². The molecule has 0 bridgehead atoms. The Hall–Kier alpha value is -2.95.